The van der Waals surface area contributed by atoms with Crippen molar-refractivity contribution in [2.75, 3.05) is 11.5 Å². The number of carboxylic acids is 1. The van der Waals surface area contributed by atoms with E-state index in [2.05, 4.69) is 5.32 Å². The number of aliphatic carboxylic acids is 1. The topological polar surface area (TPSA) is 95.9 Å². The highest BCUT2D eigenvalue weighted by atomic mass is 16.5. The molecule has 0 fully saturated rings. The Morgan fingerprint density at radius 3 is 2.56 bits per heavy atom. The summed E-state index contributed by atoms with van der Waals surface area (Å²) in [7, 11) is 0. The zero-order valence-corrected chi connectivity index (χ0v) is 14.8. The average molecular weight is 368 g/mol. The Morgan fingerprint density at radius 2 is 1.89 bits per heavy atom. The van der Waals surface area contributed by atoms with Gasteiger partial charge in [-0.1, -0.05) is 31.2 Å². The fourth-order valence-electron chi connectivity index (χ4n) is 2.85. The first-order valence-electron chi connectivity index (χ1n) is 8.64. The molecule has 1 atom stereocenters. The van der Waals surface area contributed by atoms with Gasteiger partial charge in [-0.25, -0.2) is 4.79 Å². The molecular weight excluding hydrogens is 348 g/mol. The van der Waals surface area contributed by atoms with Crippen LogP contribution in [0, 0.1) is 0 Å². The quantitative estimate of drug-likeness (QED) is 0.815. The van der Waals surface area contributed by atoms with Crippen LogP contribution >= 0.6 is 0 Å². The highest BCUT2D eigenvalue weighted by Crippen LogP contribution is 2.32. The lowest BCUT2D eigenvalue weighted by atomic mass is 10.1. The fraction of sp³-hybridized carbons (Fsp3) is 0.250. The molecule has 0 bridgehead atoms. The summed E-state index contributed by atoms with van der Waals surface area (Å²) in [5.74, 6) is -0.981. The van der Waals surface area contributed by atoms with Crippen LogP contribution in [0.4, 0.5) is 5.69 Å². The van der Waals surface area contributed by atoms with Gasteiger partial charge in [0.05, 0.1) is 12.2 Å². The minimum Gasteiger partial charge on any atom is -0.482 e. The van der Waals surface area contributed by atoms with Crippen molar-refractivity contribution in [3.8, 4) is 5.75 Å². The normalized spacial score (nSPS) is 14.1. The van der Waals surface area contributed by atoms with Crippen LogP contribution in [-0.4, -0.2) is 35.5 Å². The molecule has 0 radical (unpaired) electrons. The van der Waals surface area contributed by atoms with Gasteiger partial charge in [-0.2, -0.15) is 0 Å². The number of hydrogen-bond donors (Lipinski definition) is 2. The average Bonchev–Trinajstić information content (AvgIpc) is 2.68. The minimum atomic E-state index is -1.06. The summed E-state index contributed by atoms with van der Waals surface area (Å²) in [6.07, 6.45) is 0.303. The number of rotatable bonds is 6. The number of ether oxygens (including phenoxy) is 1. The van der Waals surface area contributed by atoms with Crippen molar-refractivity contribution in [2.24, 2.45) is 0 Å². The maximum Gasteiger partial charge on any atom is 0.326 e. The Balaban J connectivity index is 1.72. The third kappa shape index (κ3) is 4.08. The second-order valence-electron chi connectivity index (χ2n) is 6.21. The van der Waals surface area contributed by atoms with Gasteiger partial charge in [0.25, 0.3) is 11.8 Å². The van der Waals surface area contributed by atoms with Gasteiger partial charge in [0.2, 0.25) is 0 Å². The molecule has 2 N–H and O–H groups in total. The number of carboxylic acid groups (broad SMARTS) is 1. The van der Waals surface area contributed by atoms with E-state index in [1.807, 2.05) is 24.3 Å². The van der Waals surface area contributed by atoms with Crippen LogP contribution in [0.15, 0.2) is 48.5 Å². The second-order valence-corrected chi connectivity index (χ2v) is 6.21. The van der Waals surface area contributed by atoms with E-state index in [1.165, 1.54) is 0 Å². The van der Waals surface area contributed by atoms with Crippen molar-refractivity contribution < 1.29 is 24.2 Å². The van der Waals surface area contributed by atoms with Gasteiger partial charge in [0.1, 0.15) is 11.8 Å². The molecule has 3 rings (SSSR count). The molecule has 7 heteroatoms. The predicted octanol–water partition coefficient (Wildman–Crippen LogP) is 2.21. The fourth-order valence-corrected chi connectivity index (χ4v) is 2.85. The first kappa shape index (κ1) is 18.4. The van der Waals surface area contributed by atoms with Gasteiger partial charge < -0.3 is 20.1 Å². The Hall–Kier alpha value is -3.35. The van der Waals surface area contributed by atoms with Crippen molar-refractivity contribution in [1.29, 1.82) is 0 Å². The molecule has 1 aliphatic heterocycles. The smallest absolute Gasteiger partial charge is 0.326 e. The Labute approximate surface area is 156 Å². The molecule has 0 aromatic heterocycles. The van der Waals surface area contributed by atoms with Crippen LogP contribution in [0.25, 0.3) is 0 Å². The molecule has 2 amide bonds. The number of benzene rings is 2. The maximum atomic E-state index is 12.2. The molecule has 2 aromatic carbocycles. The molecule has 0 saturated heterocycles. The number of nitrogens with zero attached hydrogens (tertiary/aromatic N) is 1. The van der Waals surface area contributed by atoms with Gasteiger partial charge in [0.15, 0.2) is 6.61 Å². The number of carbonyl (C=O) groups excluding carboxylic acids is 2. The summed E-state index contributed by atoms with van der Waals surface area (Å²) >= 11 is 0. The van der Waals surface area contributed by atoms with Gasteiger partial charge in [-0.3, -0.25) is 9.59 Å². The van der Waals surface area contributed by atoms with Crippen LogP contribution in [0.5, 0.6) is 5.75 Å². The minimum absolute atomic E-state index is 0.00883. The van der Waals surface area contributed by atoms with Crippen LogP contribution in [0.3, 0.4) is 0 Å². The van der Waals surface area contributed by atoms with Gasteiger partial charge >= 0.3 is 5.97 Å². The van der Waals surface area contributed by atoms with Crippen LogP contribution in [0.1, 0.15) is 29.3 Å². The molecule has 27 heavy (non-hydrogen) atoms. The maximum absolute atomic E-state index is 12.2. The van der Waals surface area contributed by atoms with Gasteiger partial charge in [-0.05, 0) is 36.2 Å². The lowest BCUT2D eigenvalue weighted by Crippen LogP contribution is -2.40. The third-order valence-corrected chi connectivity index (χ3v) is 4.38. The molecule has 0 spiro atoms. The van der Waals surface area contributed by atoms with Gasteiger partial charge in [0, 0.05) is 5.56 Å². The Morgan fingerprint density at radius 1 is 1.19 bits per heavy atom. The highest BCUT2D eigenvalue weighted by Gasteiger charge is 2.25. The third-order valence-electron chi connectivity index (χ3n) is 4.38. The van der Waals surface area contributed by atoms with Crippen LogP contribution in [0.2, 0.25) is 0 Å². The van der Waals surface area contributed by atoms with E-state index in [4.69, 9.17) is 9.84 Å². The largest absolute Gasteiger partial charge is 0.482 e. The lowest BCUT2D eigenvalue weighted by Gasteiger charge is -2.29. The zero-order chi connectivity index (χ0) is 19.4. The summed E-state index contributed by atoms with van der Waals surface area (Å²) in [4.78, 5) is 37.1. The van der Waals surface area contributed by atoms with E-state index < -0.39 is 17.9 Å². The van der Waals surface area contributed by atoms with E-state index in [0.717, 1.165) is 5.56 Å². The zero-order valence-electron chi connectivity index (χ0n) is 14.8. The monoisotopic (exact) mass is 368 g/mol. The molecular formula is C20H20N2O5. The SMILES string of the molecule is CCC(NC(=O)c1ccc(CN2C(=O)COc3ccccc32)cc1)C(=O)O. The molecule has 140 valence electrons. The van der Waals surface area contributed by atoms with Crippen LogP contribution < -0.4 is 15.0 Å². The summed E-state index contributed by atoms with van der Waals surface area (Å²) in [6.45, 7) is 2.04. The van der Waals surface area contributed by atoms with Crippen molar-refractivity contribution in [3.63, 3.8) is 0 Å². The van der Waals surface area contributed by atoms with Crippen molar-refractivity contribution in [3.05, 3.63) is 59.7 Å². The van der Waals surface area contributed by atoms with Gasteiger partial charge in [-0.15, -0.1) is 0 Å². The number of carbonyl (C=O) groups is 3. The second kappa shape index (κ2) is 7.90. The summed E-state index contributed by atoms with van der Waals surface area (Å²) < 4.78 is 5.43. The molecule has 1 aliphatic rings. The number of nitrogens with one attached hydrogen (secondary N) is 1. The first-order valence-corrected chi connectivity index (χ1v) is 8.64. The standard InChI is InChI=1S/C20H20N2O5/c1-2-15(20(25)26)21-19(24)14-9-7-13(8-10-14)11-22-16-5-3-4-6-17(16)27-12-18(22)23/h3-10,15H,2,11-12H2,1H3,(H,21,24)(H,25,26). The Kier molecular flexibility index (Phi) is 5.40. The van der Waals surface area contributed by atoms with Crippen LogP contribution in [-0.2, 0) is 16.1 Å². The first-order chi connectivity index (χ1) is 13.0. The number of hydrogen-bond acceptors (Lipinski definition) is 4. The molecule has 0 saturated carbocycles. The van der Waals surface area contributed by atoms with E-state index in [0.29, 0.717) is 30.0 Å². The van der Waals surface area contributed by atoms with E-state index in [-0.39, 0.29) is 12.5 Å². The molecule has 7 nitrogen and oxygen atoms in total. The summed E-state index contributed by atoms with van der Waals surface area (Å²) in [6, 6.07) is 13.2. The Bertz CT molecular complexity index is 863. The number of para-hydroxylation sites is 2. The molecule has 1 heterocycles. The molecule has 0 aliphatic carbocycles. The number of amides is 2. The number of fused-ring (bicyclic) bond motifs is 1. The molecule has 2 aromatic rings. The van der Waals surface area contributed by atoms with Crippen molar-refractivity contribution in [2.45, 2.75) is 25.9 Å². The highest BCUT2D eigenvalue weighted by molar-refractivity contribution is 5.98. The van der Waals surface area contributed by atoms with E-state index >= 15 is 0 Å². The van der Waals surface area contributed by atoms with E-state index in [9.17, 15) is 14.4 Å². The van der Waals surface area contributed by atoms with E-state index in [1.54, 1.807) is 36.1 Å². The molecule has 1 unspecified atom stereocenters. The van der Waals surface area contributed by atoms with Crippen molar-refractivity contribution >= 4 is 23.5 Å². The summed E-state index contributed by atoms with van der Waals surface area (Å²) in [5.41, 5.74) is 1.93. The summed E-state index contributed by atoms with van der Waals surface area (Å²) in [5, 5.41) is 11.5. The lowest BCUT2D eigenvalue weighted by molar-refractivity contribution is -0.139. The van der Waals surface area contributed by atoms with Crippen molar-refractivity contribution in [1.82, 2.24) is 5.32 Å². The number of anilines is 1. The predicted molar refractivity (Wildman–Crippen MR) is 98.8 cm³/mol.